The molecule has 0 aliphatic carbocycles. The van der Waals surface area contributed by atoms with Crippen molar-refractivity contribution in [3.05, 3.63) is 109 Å². The van der Waals surface area contributed by atoms with E-state index in [9.17, 15) is 19.8 Å². The Morgan fingerprint density at radius 3 is 2.44 bits per heavy atom. The van der Waals surface area contributed by atoms with Crippen molar-refractivity contribution in [2.24, 2.45) is 0 Å². The number of carbonyl (C=O) groups is 1. The number of aromatic nitrogens is 1. The van der Waals surface area contributed by atoms with Crippen LogP contribution in [0, 0.1) is 0 Å². The molecule has 5 N–H and O–H groups in total. The second-order valence-electron chi connectivity index (χ2n) is 10.3. The van der Waals surface area contributed by atoms with Crippen LogP contribution in [0.25, 0.3) is 10.9 Å². The molecule has 4 aromatic rings. The maximum absolute atomic E-state index is 12.5. The second kappa shape index (κ2) is 12.2. The fourth-order valence-electron chi connectivity index (χ4n) is 4.62. The van der Waals surface area contributed by atoms with E-state index in [4.69, 9.17) is 23.2 Å². The molecule has 204 valence electrons. The summed E-state index contributed by atoms with van der Waals surface area (Å²) < 4.78 is 0. The predicted molar refractivity (Wildman–Crippen MR) is 155 cm³/mol. The van der Waals surface area contributed by atoms with Gasteiger partial charge in [0.1, 0.15) is 5.75 Å². The largest absolute Gasteiger partial charge is 0.506 e. The number of amides is 1. The number of nitrogens with one attached hydrogen (secondary N) is 3. The third kappa shape index (κ3) is 7.83. The van der Waals surface area contributed by atoms with Gasteiger partial charge in [-0.15, -0.1) is 0 Å². The summed E-state index contributed by atoms with van der Waals surface area (Å²) in [5.41, 5.74) is 3.00. The second-order valence-corrected chi connectivity index (χ2v) is 11.2. The van der Waals surface area contributed by atoms with Gasteiger partial charge in [-0.3, -0.25) is 9.59 Å². The molecular weight excluding hydrogens is 537 g/mol. The van der Waals surface area contributed by atoms with Crippen LogP contribution in [0.5, 0.6) is 5.75 Å². The van der Waals surface area contributed by atoms with Crippen LogP contribution in [0.2, 0.25) is 10.0 Å². The van der Waals surface area contributed by atoms with Crippen LogP contribution in [-0.2, 0) is 24.2 Å². The molecule has 9 heteroatoms. The number of β-amino-alcohol motifs (C(OH)–C–C–N with tert-alkyl or cyclic N) is 1. The highest BCUT2D eigenvalue weighted by molar-refractivity contribution is 6.34. The molecule has 3 aromatic carbocycles. The predicted octanol–water partition coefficient (Wildman–Crippen LogP) is 5.04. The number of aromatic hydroxyl groups is 1. The van der Waals surface area contributed by atoms with Crippen LogP contribution in [0.4, 0.5) is 0 Å². The van der Waals surface area contributed by atoms with Crippen molar-refractivity contribution in [3.63, 3.8) is 0 Å². The first kappa shape index (κ1) is 28.6. The first-order valence-electron chi connectivity index (χ1n) is 12.6. The van der Waals surface area contributed by atoms with Crippen molar-refractivity contribution in [3.8, 4) is 5.75 Å². The molecule has 0 bridgehead atoms. The number of pyridine rings is 1. The van der Waals surface area contributed by atoms with Gasteiger partial charge in [-0.05, 0) is 72.9 Å². The number of aliphatic hydroxyl groups is 1. The van der Waals surface area contributed by atoms with Crippen LogP contribution in [0.3, 0.4) is 0 Å². The van der Waals surface area contributed by atoms with Gasteiger partial charge < -0.3 is 25.8 Å². The topological polar surface area (TPSA) is 114 Å². The van der Waals surface area contributed by atoms with E-state index in [0.29, 0.717) is 39.5 Å². The summed E-state index contributed by atoms with van der Waals surface area (Å²) in [7, 11) is 0. The van der Waals surface area contributed by atoms with Crippen molar-refractivity contribution in [1.82, 2.24) is 15.6 Å². The minimum absolute atomic E-state index is 0.0469. The number of aromatic amines is 1. The highest BCUT2D eigenvalue weighted by Gasteiger charge is 2.21. The minimum atomic E-state index is -0.859. The van der Waals surface area contributed by atoms with Crippen molar-refractivity contribution in [2.45, 2.75) is 44.9 Å². The zero-order valence-corrected chi connectivity index (χ0v) is 23.2. The molecule has 1 heterocycles. The van der Waals surface area contributed by atoms with Crippen LogP contribution in [0.1, 0.15) is 42.2 Å². The number of halogens is 2. The van der Waals surface area contributed by atoms with Gasteiger partial charge in [0.25, 0.3) is 0 Å². The average Bonchev–Trinajstić information content (AvgIpc) is 2.86. The first-order valence-corrected chi connectivity index (χ1v) is 13.3. The van der Waals surface area contributed by atoms with Gasteiger partial charge in [-0.2, -0.15) is 0 Å². The number of phenols is 1. The molecule has 4 rings (SSSR count). The highest BCUT2D eigenvalue weighted by Crippen LogP contribution is 2.29. The van der Waals surface area contributed by atoms with E-state index in [1.54, 1.807) is 30.3 Å². The standard InChI is InChI=1S/C30H31Cl2N3O4/c1-30(2,34-17-26(37)23-6-8-25(36)29-24(23)7-9-27(38)35-29)15-19-5-3-4-18(10-19)13-28(39)33-16-20-11-21(31)14-22(32)12-20/h3-12,14,26,34,36-37H,13,15-17H2,1-2H3,(H,33,39)(H,35,38)/t26-/m1/s1. The third-order valence-corrected chi connectivity index (χ3v) is 6.89. The lowest BCUT2D eigenvalue weighted by molar-refractivity contribution is -0.120. The first-order chi connectivity index (χ1) is 18.5. The monoisotopic (exact) mass is 567 g/mol. The highest BCUT2D eigenvalue weighted by atomic mass is 35.5. The number of H-pyrrole nitrogens is 1. The van der Waals surface area contributed by atoms with Crippen molar-refractivity contribution < 1.29 is 15.0 Å². The fraction of sp³-hybridized carbons (Fsp3) is 0.267. The number of hydrogen-bond donors (Lipinski definition) is 5. The Bertz CT molecular complexity index is 1530. The Labute approximate surface area is 236 Å². The number of carbonyl (C=O) groups excluding carboxylic acids is 1. The number of rotatable bonds is 10. The molecule has 0 aliphatic heterocycles. The molecule has 0 radical (unpaired) electrons. The molecule has 0 fully saturated rings. The van der Waals surface area contributed by atoms with Crippen LogP contribution >= 0.6 is 23.2 Å². The summed E-state index contributed by atoms with van der Waals surface area (Å²) in [5, 5.41) is 29.0. The van der Waals surface area contributed by atoms with Crippen molar-refractivity contribution in [1.29, 1.82) is 0 Å². The fourth-order valence-corrected chi connectivity index (χ4v) is 5.19. The van der Waals surface area contributed by atoms with E-state index in [2.05, 4.69) is 15.6 Å². The third-order valence-electron chi connectivity index (χ3n) is 6.45. The molecule has 0 saturated carbocycles. The van der Waals surface area contributed by atoms with Gasteiger partial charge in [-0.1, -0.05) is 53.5 Å². The molecular formula is C30H31Cl2N3O4. The lowest BCUT2D eigenvalue weighted by atomic mass is 9.92. The number of benzene rings is 3. The van der Waals surface area contributed by atoms with Gasteiger partial charge >= 0.3 is 0 Å². The van der Waals surface area contributed by atoms with E-state index < -0.39 is 6.10 Å². The summed E-state index contributed by atoms with van der Waals surface area (Å²) in [6.07, 6.45) is 0.0487. The Hall–Kier alpha value is -3.36. The molecule has 0 unspecified atom stereocenters. The normalized spacial score (nSPS) is 12.4. The van der Waals surface area contributed by atoms with Gasteiger partial charge in [0.2, 0.25) is 11.5 Å². The number of hydrogen-bond acceptors (Lipinski definition) is 5. The smallest absolute Gasteiger partial charge is 0.248 e. The molecule has 1 aromatic heterocycles. The zero-order valence-electron chi connectivity index (χ0n) is 21.7. The lowest BCUT2D eigenvalue weighted by Crippen LogP contribution is -2.43. The van der Waals surface area contributed by atoms with Crippen molar-refractivity contribution >= 4 is 40.0 Å². The van der Waals surface area contributed by atoms with Crippen LogP contribution in [-0.4, -0.2) is 33.2 Å². The van der Waals surface area contributed by atoms with Crippen molar-refractivity contribution in [2.75, 3.05) is 6.54 Å². The van der Waals surface area contributed by atoms with Gasteiger partial charge in [-0.25, -0.2) is 0 Å². The van der Waals surface area contributed by atoms with E-state index in [1.807, 2.05) is 38.1 Å². The van der Waals surface area contributed by atoms with Crippen LogP contribution < -0.4 is 16.2 Å². The minimum Gasteiger partial charge on any atom is -0.506 e. The Morgan fingerprint density at radius 2 is 1.69 bits per heavy atom. The Morgan fingerprint density at radius 1 is 0.974 bits per heavy atom. The molecule has 1 atom stereocenters. The molecule has 0 aliphatic rings. The lowest BCUT2D eigenvalue weighted by Gasteiger charge is -2.28. The molecule has 39 heavy (non-hydrogen) atoms. The van der Waals surface area contributed by atoms with Gasteiger partial charge in [0.05, 0.1) is 18.0 Å². The molecule has 1 amide bonds. The zero-order chi connectivity index (χ0) is 28.2. The Balaban J connectivity index is 1.35. The van der Waals surface area contributed by atoms with Gasteiger partial charge in [0.15, 0.2) is 0 Å². The van der Waals surface area contributed by atoms with E-state index in [0.717, 1.165) is 16.7 Å². The maximum atomic E-state index is 12.5. The van der Waals surface area contributed by atoms with Gasteiger partial charge in [0, 0.05) is 40.1 Å². The Kier molecular flexibility index (Phi) is 8.97. The summed E-state index contributed by atoms with van der Waals surface area (Å²) in [4.78, 5) is 26.8. The van der Waals surface area contributed by atoms with E-state index in [1.165, 1.54) is 12.1 Å². The maximum Gasteiger partial charge on any atom is 0.248 e. The summed E-state index contributed by atoms with van der Waals surface area (Å²) in [6, 6.07) is 19.2. The number of aliphatic hydroxyl groups excluding tert-OH is 1. The molecule has 0 saturated heterocycles. The van der Waals surface area contributed by atoms with E-state index >= 15 is 0 Å². The number of phenolic OH excluding ortho intramolecular Hbond substituents is 1. The summed E-state index contributed by atoms with van der Waals surface area (Å²) in [5.74, 6) is -0.152. The molecule has 0 spiro atoms. The average molecular weight is 569 g/mol. The quantitative estimate of drug-likeness (QED) is 0.184. The summed E-state index contributed by atoms with van der Waals surface area (Å²) >= 11 is 12.1. The summed E-state index contributed by atoms with van der Waals surface area (Å²) in [6.45, 7) is 4.69. The SMILES string of the molecule is CC(C)(Cc1cccc(CC(=O)NCc2cc(Cl)cc(Cl)c2)c1)NC[C@@H](O)c1ccc(O)c2[nH]c(=O)ccc12. The molecule has 7 nitrogen and oxygen atoms in total. The van der Waals surface area contributed by atoms with E-state index in [-0.39, 0.29) is 35.7 Å². The number of fused-ring (bicyclic) bond motifs is 1. The van der Waals surface area contributed by atoms with Crippen LogP contribution in [0.15, 0.2) is 71.5 Å².